The molecule has 0 saturated carbocycles. The molecule has 1 aromatic carbocycles. The van der Waals surface area contributed by atoms with Gasteiger partial charge in [0, 0.05) is 17.1 Å². The zero-order valence-corrected chi connectivity index (χ0v) is 8.80. The van der Waals surface area contributed by atoms with E-state index < -0.39 is 4.92 Å². The lowest BCUT2D eigenvalue weighted by Gasteiger charge is -2.03. The first kappa shape index (κ1) is 10.4. The molecular formula is C7H6BrClN2O2. The molecule has 0 atom stereocenters. The lowest BCUT2D eigenvalue weighted by atomic mass is 10.2. The number of nitro benzene ring substituents is 1. The smallest absolute Gasteiger partial charge is 0.275 e. The summed E-state index contributed by atoms with van der Waals surface area (Å²) in [6.07, 6.45) is 0. The average Bonchev–Trinajstić information content (AvgIpc) is 2.09. The molecule has 0 heterocycles. The zero-order chi connectivity index (χ0) is 10.0. The largest absolute Gasteiger partial charge is 0.326 e. The summed E-state index contributed by atoms with van der Waals surface area (Å²) in [5.74, 6) is 0. The first-order valence-electron chi connectivity index (χ1n) is 3.39. The quantitative estimate of drug-likeness (QED) is 0.659. The Hall–Kier alpha value is -0.650. The van der Waals surface area contributed by atoms with Crippen LogP contribution < -0.4 is 5.73 Å². The van der Waals surface area contributed by atoms with Crippen molar-refractivity contribution in [3.63, 3.8) is 0 Å². The third kappa shape index (κ3) is 1.99. The molecule has 0 radical (unpaired) electrons. The van der Waals surface area contributed by atoms with Crippen LogP contribution in [-0.4, -0.2) is 4.92 Å². The van der Waals surface area contributed by atoms with Crippen LogP contribution in [0, 0.1) is 10.1 Å². The summed E-state index contributed by atoms with van der Waals surface area (Å²) in [6.45, 7) is 0.0502. The molecular weight excluding hydrogens is 259 g/mol. The number of hydrogen-bond donors (Lipinski definition) is 1. The topological polar surface area (TPSA) is 69.2 Å². The Morgan fingerprint density at radius 1 is 1.62 bits per heavy atom. The van der Waals surface area contributed by atoms with E-state index in [0.29, 0.717) is 15.1 Å². The van der Waals surface area contributed by atoms with Gasteiger partial charge in [0.2, 0.25) is 0 Å². The molecule has 0 aliphatic carbocycles. The highest BCUT2D eigenvalue weighted by atomic mass is 79.9. The van der Waals surface area contributed by atoms with E-state index in [2.05, 4.69) is 15.9 Å². The van der Waals surface area contributed by atoms with Crippen LogP contribution in [0.5, 0.6) is 0 Å². The van der Waals surface area contributed by atoms with Crippen molar-refractivity contribution in [3.05, 3.63) is 37.3 Å². The van der Waals surface area contributed by atoms with Crippen LogP contribution in [0.15, 0.2) is 16.6 Å². The predicted molar refractivity (Wildman–Crippen MR) is 53.7 cm³/mol. The van der Waals surface area contributed by atoms with Gasteiger partial charge < -0.3 is 5.73 Å². The van der Waals surface area contributed by atoms with Crippen molar-refractivity contribution in [1.29, 1.82) is 0 Å². The second-order valence-electron chi connectivity index (χ2n) is 2.32. The van der Waals surface area contributed by atoms with Crippen molar-refractivity contribution >= 4 is 33.2 Å². The SMILES string of the molecule is NCc1c([N+](=O)[O-])ccc(Br)c1Cl. The first-order valence-corrected chi connectivity index (χ1v) is 4.56. The highest BCUT2D eigenvalue weighted by molar-refractivity contribution is 9.10. The van der Waals surface area contributed by atoms with E-state index >= 15 is 0 Å². The number of halogens is 2. The van der Waals surface area contributed by atoms with E-state index in [9.17, 15) is 10.1 Å². The Balaban J connectivity index is 3.38. The monoisotopic (exact) mass is 264 g/mol. The summed E-state index contributed by atoms with van der Waals surface area (Å²) in [4.78, 5) is 10.0. The average molecular weight is 265 g/mol. The number of nitrogens with two attached hydrogens (primary N) is 1. The second kappa shape index (κ2) is 4.04. The van der Waals surface area contributed by atoms with Gasteiger partial charge >= 0.3 is 0 Å². The summed E-state index contributed by atoms with van der Waals surface area (Å²) in [6, 6.07) is 2.90. The van der Waals surface area contributed by atoms with E-state index in [1.54, 1.807) is 0 Å². The molecule has 0 fully saturated rings. The molecule has 0 bridgehead atoms. The van der Waals surface area contributed by atoms with E-state index in [1.807, 2.05) is 0 Å². The summed E-state index contributed by atoms with van der Waals surface area (Å²) in [7, 11) is 0. The predicted octanol–water partition coefficient (Wildman–Crippen LogP) is 2.47. The molecule has 0 aliphatic rings. The maximum atomic E-state index is 10.5. The van der Waals surface area contributed by atoms with Gasteiger partial charge in [0.05, 0.1) is 15.5 Å². The molecule has 13 heavy (non-hydrogen) atoms. The van der Waals surface area contributed by atoms with Gasteiger partial charge in [-0.05, 0) is 22.0 Å². The van der Waals surface area contributed by atoms with Crippen molar-refractivity contribution in [1.82, 2.24) is 0 Å². The number of nitro groups is 1. The Bertz CT molecular complexity index is 357. The first-order chi connectivity index (χ1) is 6.07. The van der Waals surface area contributed by atoms with Gasteiger partial charge in [-0.2, -0.15) is 0 Å². The van der Waals surface area contributed by atoms with Crippen LogP contribution >= 0.6 is 27.5 Å². The Labute approximate surface area is 88.0 Å². The summed E-state index contributed by atoms with van der Waals surface area (Å²) < 4.78 is 0.611. The van der Waals surface area contributed by atoms with Crippen molar-refractivity contribution in [2.24, 2.45) is 5.73 Å². The summed E-state index contributed by atoms with van der Waals surface area (Å²) >= 11 is 8.97. The Kier molecular flexibility index (Phi) is 3.24. The van der Waals surface area contributed by atoms with E-state index in [4.69, 9.17) is 17.3 Å². The minimum absolute atomic E-state index is 0.0456. The number of hydrogen-bond acceptors (Lipinski definition) is 3. The third-order valence-electron chi connectivity index (χ3n) is 1.57. The Morgan fingerprint density at radius 3 is 2.69 bits per heavy atom. The molecule has 0 spiro atoms. The van der Waals surface area contributed by atoms with Crippen molar-refractivity contribution in [2.45, 2.75) is 6.54 Å². The van der Waals surface area contributed by atoms with Crippen LogP contribution in [0.25, 0.3) is 0 Å². The van der Waals surface area contributed by atoms with Crippen molar-refractivity contribution in [3.8, 4) is 0 Å². The van der Waals surface area contributed by atoms with Gasteiger partial charge in [-0.1, -0.05) is 11.6 Å². The summed E-state index contributed by atoms with van der Waals surface area (Å²) in [5, 5.41) is 10.8. The molecule has 4 nitrogen and oxygen atoms in total. The highest BCUT2D eigenvalue weighted by Gasteiger charge is 2.17. The van der Waals surface area contributed by atoms with Gasteiger partial charge in [-0.15, -0.1) is 0 Å². The minimum atomic E-state index is -0.499. The van der Waals surface area contributed by atoms with Crippen LogP contribution in [0.4, 0.5) is 5.69 Å². The number of benzene rings is 1. The lowest BCUT2D eigenvalue weighted by Crippen LogP contribution is -2.02. The second-order valence-corrected chi connectivity index (χ2v) is 3.55. The zero-order valence-electron chi connectivity index (χ0n) is 6.46. The molecule has 0 aromatic heterocycles. The van der Waals surface area contributed by atoms with Gasteiger partial charge in [0.15, 0.2) is 0 Å². The highest BCUT2D eigenvalue weighted by Crippen LogP contribution is 2.32. The molecule has 0 aliphatic heterocycles. The molecule has 0 saturated heterocycles. The maximum absolute atomic E-state index is 10.5. The molecule has 0 amide bonds. The Morgan fingerprint density at radius 2 is 2.23 bits per heavy atom. The molecule has 6 heteroatoms. The van der Waals surface area contributed by atoms with Crippen LogP contribution in [-0.2, 0) is 6.54 Å². The van der Waals surface area contributed by atoms with E-state index in [1.165, 1.54) is 12.1 Å². The minimum Gasteiger partial charge on any atom is -0.326 e. The van der Waals surface area contributed by atoms with Crippen LogP contribution in [0.1, 0.15) is 5.56 Å². The fourth-order valence-corrected chi connectivity index (χ4v) is 1.56. The third-order valence-corrected chi connectivity index (χ3v) is 2.89. The van der Waals surface area contributed by atoms with Gasteiger partial charge in [0.25, 0.3) is 5.69 Å². The van der Waals surface area contributed by atoms with Crippen molar-refractivity contribution < 1.29 is 4.92 Å². The summed E-state index contributed by atoms with van der Waals surface area (Å²) in [5.41, 5.74) is 5.65. The van der Waals surface area contributed by atoms with Gasteiger partial charge in [-0.3, -0.25) is 10.1 Å². The lowest BCUT2D eigenvalue weighted by molar-refractivity contribution is -0.385. The molecule has 0 unspecified atom stereocenters. The maximum Gasteiger partial charge on any atom is 0.275 e. The number of rotatable bonds is 2. The molecule has 70 valence electrons. The normalized spacial score (nSPS) is 10.1. The number of nitrogens with zero attached hydrogens (tertiary/aromatic N) is 1. The fraction of sp³-hybridized carbons (Fsp3) is 0.143. The molecule has 1 aromatic rings. The van der Waals surface area contributed by atoms with Gasteiger partial charge in [-0.25, -0.2) is 0 Å². The van der Waals surface area contributed by atoms with Crippen molar-refractivity contribution in [2.75, 3.05) is 0 Å². The molecule has 1 rings (SSSR count). The van der Waals surface area contributed by atoms with E-state index in [0.717, 1.165) is 0 Å². The van der Waals surface area contributed by atoms with Gasteiger partial charge in [0.1, 0.15) is 0 Å². The van der Waals surface area contributed by atoms with E-state index in [-0.39, 0.29) is 12.2 Å². The molecule has 2 N–H and O–H groups in total. The van der Waals surface area contributed by atoms with Crippen LogP contribution in [0.2, 0.25) is 5.02 Å². The van der Waals surface area contributed by atoms with Crippen LogP contribution in [0.3, 0.4) is 0 Å². The standard InChI is InChI=1S/C7H6BrClN2O2/c8-5-1-2-6(11(12)13)4(3-10)7(5)9/h1-2H,3,10H2. The fourth-order valence-electron chi connectivity index (χ4n) is 0.948.